The number of rotatable bonds is 9. The van der Waals surface area contributed by atoms with Crippen LogP contribution in [0.2, 0.25) is 0 Å². The normalized spacial score (nSPS) is 11.0. The molecule has 132 valence electrons. The SMILES string of the molecule is CCNC(=NCCCOCC)NCCc1cc(C)cc(C)c1.I. The Morgan fingerprint density at radius 1 is 1.09 bits per heavy atom. The molecule has 0 aliphatic rings. The van der Waals surface area contributed by atoms with E-state index in [1.165, 1.54) is 16.7 Å². The standard InChI is InChI=1S/C18H31N3O.HI/c1-5-19-18(20-9-7-11-22-6-2)21-10-8-17-13-15(3)12-16(4)14-17;/h12-14H,5-11H2,1-4H3,(H2,19,20,21);1H. The molecule has 23 heavy (non-hydrogen) atoms. The molecular weight excluding hydrogens is 401 g/mol. The Morgan fingerprint density at radius 2 is 1.78 bits per heavy atom. The second-order valence-corrected chi connectivity index (χ2v) is 5.48. The first-order valence-corrected chi connectivity index (χ1v) is 8.32. The molecule has 0 heterocycles. The van der Waals surface area contributed by atoms with E-state index >= 15 is 0 Å². The van der Waals surface area contributed by atoms with Crippen molar-refractivity contribution in [1.29, 1.82) is 0 Å². The monoisotopic (exact) mass is 433 g/mol. The second kappa shape index (κ2) is 13.6. The first-order valence-electron chi connectivity index (χ1n) is 8.32. The highest BCUT2D eigenvalue weighted by molar-refractivity contribution is 14.0. The molecule has 0 atom stereocenters. The predicted molar refractivity (Wildman–Crippen MR) is 110 cm³/mol. The van der Waals surface area contributed by atoms with Crippen LogP contribution in [-0.4, -0.2) is 38.8 Å². The van der Waals surface area contributed by atoms with Crippen LogP contribution in [0.25, 0.3) is 0 Å². The maximum atomic E-state index is 5.33. The Hall–Kier alpha value is -0.820. The second-order valence-electron chi connectivity index (χ2n) is 5.48. The smallest absolute Gasteiger partial charge is 0.191 e. The molecule has 5 heteroatoms. The Bertz CT molecular complexity index is 443. The van der Waals surface area contributed by atoms with Crippen LogP contribution in [0, 0.1) is 13.8 Å². The van der Waals surface area contributed by atoms with Gasteiger partial charge in [-0.15, -0.1) is 24.0 Å². The fourth-order valence-electron chi connectivity index (χ4n) is 2.38. The molecule has 0 bridgehead atoms. The van der Waals surface area contributed by atoms with Crippen molar-refractivity contribution in [3.05, 3.63) is 34.9 Å². The lowest BCUT2D eigenvalue weighted by atomic mass is 10.1. The van der Waals surface area contributed by atoms with Crippen molar-refractivity contribution in [2.75, 3.05) is 32.8 Å². The van der Waals surface area contributed by atoms with E-state index in [-0.39, 0.29) is 24.0 Å². The van der Waals surface area contributed by atoms with Crippen LogP contribution in [0.5, 0.6) is 0 Å². The third kappa shape index (κ3) is 10.5. The van der Waals surface area contributed by atoms with Gasteiger partial charge in [-0.1, -0.05) is 29.3 Å². The van der Waals surface area contributed by atoms with Gasteiger partial charge < -0.3 is 15.4 Å². The van der Waals surface area contributed by atoms with E-state index < -0.39 is 0 Å². The largest absolute Gasteiger partial charge is 0.382 e. The number of hydrogen-bond donors (Lipinski definition) is 2. The van der Waals surface area contributed by atoms with E-state index in [9.17, 15) is 0 Å². The maximum Gasteiger partial charge on any atom is 0.191 e. The van der Waals surface area contributed by atoms with Crippen molar-refractivity contribution in [3.63, 3.8) is 0 Å². The van der Waals surface area contributed by atoms with Crippen LogP contribution in [0.3, 0.4) is 0 Å². The van der Waals surface area contributed by atoms with Gasteiger partial charge in [0.1, 0.15) is 0 Å². The topological polar surface area (TPSA) is 45.7 Å². The third-order valence-corrected chi connectivity index (χ3v) is 3.25. The molecule has 4 nitrogen and oxygen atoms in total. The van der Waals surface area contributed by atoms with E-state index in [0.717, 1.165) is 51.6 Å². The lowest BCUT2D eigenvalue weighted by Crippen LogP contribution is -2.38. The molecule has 1 aromatic carbocycles. The first kappa shape index (κ1) is 22.2. The van der Waals surface area contributed by atoms with E-state index in [4.69, 9.17) is 4.74 Å². The van der Waals surface area contributed by atoms with E-state index in [1.807, 2.05) is 6.92 Å². The lowest BCUT2D eigenvalue weighted by Gasteiger charge is -2.12. The molecule has 0 saturated heterocycles. The average Bonchev–Trinajstić information content (AvgIpc) is 2.46. The number of aliphatic imine (C=N–C) groups is 1. The number of ether oxygens (including phenoxy) is 1. The predicted octanol–water partition coefficient (Wildman–Crippen LogP) is 3.45. The molecule has 0 unspecified atom stereocenters. The Balaban J connectivity index is 0.00000484. The first-order chi connectivity index (χ1) is 10.7. The summed E-state index contributed by atoms with van der Waals surface area (Å²) in [5.74, 6) is 0.892. The van der Waals surface area contributed by atoms with Gasteiger partial charge in [0.15, 0.2) is 5.96 Å². The van der Waals surface area contributed by atoms with Gasteiger partial charge in [0.05, 0.1) is 0 Å². The van der Waals surface area contributed by atoms with Crippen LogP contribution in [0.4, 0.5) is 0 Å². The Labute approximate surface area is 158 Å². The molecule has 0 aliphatic carbocycles. The zero-order chi connectivity index (χ0) is 16.2. The van der Waals surface area contributed by atoms with Crippen LogP contribution in [-0.2, 0) is 11.2 Å². The zero-order valence-electron chi connectivity index (χ0n) is 14.9. The molecule has 0 aromatic heterocycles. The van der Waals surface area contributed by atoms with Crippen molar-refractivity contribution in [3.8, 4) is 0 Å². The molecule has 1 rings (SSSR count). The van der Waals surface area contributed by atoms with Crippen LogP contribution in [0.1, 0.15) is 37.0 Å². The molecule has 1 aromatic rings. The zero-order valence-corrected chi connectivity index (χ0v) is 17.3. The molecule has 0 fully saturated rings. The average molecular weight is 433 g/mol. The van der Waals surface area contributed by atoms with Gasteiger partial charge >= 0.3 is 0 Å². The highest BCUT2D eigenvalue weighted by Gasteiger charge is 1.99. The summed E-state index contributed by atoms with van der Waals surface area (Å²) in [6.07, 6.45) is 1.97. The van der Waals surface area contributed by atoms with Crippen LogP contribution < -0.4 is 10.6 Å². The molecule has 0 amide bonds. The molecule has 0 saturated carbocycles. The summed E-state index contributed by atoms with van der Waals surface area (Å²) in [6.45, 7) is 12.5. The molecule has 0 radical (unpaired) electrons. The number of nitrogens with one attached hydrogen (secondary N) is 2. The lowest BCUT2D eigenvalue weighted by molar-refractivity contribution is 0.146. The summed E-state index contributed by atoms with van der Waals surface area (Å²) in [6, 6.07) is 6.71. The van der Waals surface area contributed by atoms with Crippen molar-refractivity contribution in [2.24, 2.45) is 4.99 Å². The van der Waals surface area contributed by atoms with Gasteiger partial charge in [0.2, 0.25) is 0 Å². The number of nitrogens with zero attached hydrogens (tertiary/aromatic N) is 1. The highest BCUT2D eigenvalue weighted by atomic mass is 127. The van der Waals surface area contributed by atoms with Gasteiger partial charge in [0.25, 0.3) is 0 Å². The summed E-state index contributed by atoms with van der Waals surface area (Å²) in [5, 5.41) is 6.68. The minimum absolute atomic E-state index is 0. The summed E-state index contributed by atoms with van der Waals surface area (Å²) in [4.78, 5) is 4.57. The molecular formula is C18H32IN3O. The summed E-state index contributed by atoms with van der Waals surface area (Å²) >= 11 is 0. The summed E-state index contributed by atoms with van der Waals surface area (Å²) < 4.78 is 5.33. The Morgan fingerprint density at radius 3 is 2.39 bits per heavy atom. The van der Waals surface area contributed by atoms with Crippen LogP contribution in [0.15, 0.2) is 23.2 Å². The van der Waals surface area contributed by atoms with E-state index in [0.29, 0.717) is 0 Å². The summed E-state index contributed by atoms with van der Waals surface area (Å²) in [7, 11) is 0. The Kier molecular flexibility index (Phi) is 13.1. The van der Waals surface area contributed by atoms with Crippen molar-refractivity contribution in [1.82, 2.24) is 10.6 Å². The fraction of sp³-hybridized carbons (Fsp3) is 0.611. The number of halogens is 1. The van der Waals surface area contributed by atoms with Gasteiger partial charge in [-0.3, -0.25) is 4.99 Å². The highest BCUT2D eigenvalue weighted by Crippen LogP contribution is 2.08. The van der Waals surface area contributed by atoms with Gasteiger partial charge in [0, 0.05) is 32.8 Å². The number of benzene rings is 1. The molecule has 0 aliphatic heterocycles. The van der Waals surface area contributed by atoms with E-state index in [2.05, 4.69) is 54.6 Å². The van der Waals surface area contributed by atoms with Gasteiger partial charge in [-0.2, -0.15) is 0 Å². The van der Waals surface area contributed by atoms with Crippen molar-refractivity contribution >= 4 is 29.9 Å². The molecule has 2 N–H and O–H groups in total. The summed E-state index contributed by atoms with van der Waals surface area (Å²) in [5.41, 5.74) is 4.02. The number of hydrogen-bond acceptors (Lipinski definition) is 2. The number of guanidine groups is 1. The minimum atomic E-state index is 0. The van der Waals surface area contributed by atoms with Crippen molar-refractivity contribution in [2.45, 2.75) is 40.5 Å². The fourth-order valence-corrected chi connectivity index (χ4v) is 2.38. The van der Waals surface area contributed by atoms with Gasteiger partial charge in [-0.25, -0.2) is 0 Å². The van der Waals surface area contributed by atoms with Gasteiger partial charge in [-0.05, 0) is 46.1 Å². The van der Waals surface area contributed by atoms with Crippen LogP contribution >= 0.6 is 24.0 Å². The van der Waals surface area contributed by atoms with Crippen molar-refractivity contribution < 1.29 is 4.74 Å². The quantitative estimate of drug-likeness (QED) is 0.272. The minimum Gasteiger partial charge on any atom is -0.382 e. The van der Waals surface area contributed by atoms with E-state index in [1.54, 1.807) is 0 Å². The number of aryl methyl sites for hydroxylation is 2. The third-order valence-electron chi connectivity index (χ3n) is 3.25. The molecule has 0 spiro atoms. The maximum absolute atomic E-state index is 5.33.